The van der Waals surface area contributed by atoms with Gasteiger partial charge in [0.25, 0.3) is 11.8 Å². The Bertz CT molecular complexity index is 1370. The van der Waals surface area contributed by atoms with Gasteiger partial charge in [-0.15, -0.1) is 11.3 Å². The molecule has 38 heavy (non-hydrogen) atoms. The van der Waals surface area contributed by atoms with E-state index in [2.05, 4.69) is 5.32 Å². The molecule has 0 aliphatic heterocycles. The van der Waals surface area contributed by atoms with Crippen LogP contribution in [0.15, 0.2) is 16.5 Å². The lowest BCUT2D eigenvalue weighted by Crippen LogP contribution is -2.21. The Morgan fingerprint density at radius 3 is 2.18 bits per heavy atom. The van der Waals surface area contributed by atoms with Gasteiger partial charge in [-0.3, -0.25) is 9.59 Å². The van der Waals surface area contributed by atoms with Gasteiger partial charge in [-0.1, -0.05) is 6.92 Å². The van der Waals surface area contributed by atoms with Gasteiger partial charge in [-0.25, -0.2) is 18.0 Å². The third kappa shape index (κ3) is 5.64. The van der Waals surface area contributed by atoms with Crippen LogP contribution in [0.3, 0.4) is 0 Å². The first-order valence-corrected chi connectivity index (χ1v) is 11.8. The first kappa shape index (κ1) is 28.6. The van der Waals surface area contributed by atoms with Gasteiger partial charge < -0.3 is 24.1 Å². The first-order valence-electron chi connectivity index (χ1n) is 10.9. The van der Waals surface area contributed by atoms with Gasteiger partial charge in [0.15, 0.2) is 11.5 Å². The van der Waals surface area contributed by atoms with E-state index in [1.165, 1.54) is 32.0 Å². The quantitative estimate of drug-likeness (QED) is 0.162. The molecule has 0 unspecified atom stereocenters. The molecule has 3 aromatic rings. The van der Waals surface area contributed by atoms with E-state index in [0.717, 1.165) is 17.4 Å². The summed E-state index contributed by atoms with van der Waals surface area (Å²) in [7, 11) is 3.04. The van der Waals surface area contributed by atoms with E-state index < -0.39 is 59.2 Å². The molecule has 1 N–H and O–H groups in total. The van der Waals surface area contributed by atoms with E-state index in [4.69, 9.17) is 13.9 Å². The van der Waals surface area contributed by atoms with Crippen molar-refractivity contribution in [1.29, 1.82) is 0 Å². The van der Waals surface area contributed by atoms with Crippen molar-refractivity contribution < 1.29 is 50.2 Å². The van der Waals surface area contributed by atoms with Crippen LogP contribution in [0.5, 0.6) is 5.75 Å². The number of esters is 1. The zero-order valence-corrected chi connectivity index (χ0v) is 21.3. The highest BCUT2D eigenvalue weighted by molar-refractivity contribution is 7.18. The van der Waals surface area contributed by atoms with Crippen LogP contribution in [-0.4, -0.2) is 43.4 Å². The number of carbonyl (C=O) groups excluding carboxylic acids is 3. The van der Waals surface area contributed by atoms with Gasteiger partial charge in [0.2, 0.25) is 29.1 Å². The minimum absolute atomic E-state index is 0.0107. The van der Waals surface area contributed by atoms with Crippen molar-refractivity contribution in [3.8, 4) is 5.75 Å². The van der Waals surface area contributed by atoms with Crippen molar-refractivity contribution in [2.75, 3.05) is 26.0 Å². The van der Waals surface area contributed by atoms with Crippen LogP contribution in [0.4, 0.5) is 27.0 Å². The fourth-order valence-electron chi connectivity index (χ4n) is 3.12. The van der Waals surface area contributed by atoms with Crippen LogP contribution in [0, 0.1) is 36.0 Å². The molecule has 0 aliphatic carbocycles. The largest absolute Gasteiger partial charge is 0.479 e. The lowest BCUT2D eigenvalue weighted by atomic mass is 10.1. The number of nitrogens with zero attached hydrogens (tertiary/aromatic N) is 1. The summed E-state index contributed by atoms with van der Waals surface area (Å²) < 4.78 is 82.6. The molecule has 2 aromatic heterocycles. The maximum atomic E-state index is 13.8. The number of anilines is 1. The molecule has 204 valence electrons. The fourth-order valence-corrected chi connectivity index (χ4v) is 4.33. The summed E-state index contributed by atoms with van der Waals surface area (Å²) in [4.78, 5) is 39.5. The van der Waals surface area contributed by atoms with Crippen LogP contribution >= 0.6 is 11.3 Å². The second-order valence-corrected chi connectivity index (χ2v) is 9.02. The molecule has 0 bridgehead atoms. The van der Waals surface area contributed by atoms with E-state index >= 15 is 0 Å². The number of ether oxygens (including phenoxy) is 2. The summed E-state index contributed by atoms with van der Waals surface area (Å²) in [6.07, 6.45) is 0.544. The SMILES string of the molecule is CCCOC(=O)c1c(NC(=O)c2ccc(COc3c(F)c(F)c(F)c(F)c3F)o2)sc(C(=O)N(C)C)c1C. The molecule has 0 saturated carbocycles. The molecule has 1 aromatic carbocycles. The molecular weight excluding hydrogens is 539 g/mol. The Labute approximate surface area is 216 Å². The topological polar surface area (TPSA) is 98.1 Å². The predicted octanol–water partition coefficient (Wildman–Crippen LogP) is 5.44. The minimum atomic E-state index is -2.33. The summed E-state index contributed by atoms with van der Waals surface area (Å²) in [5.74, 6) is -15.0. The molecule has 2 amide bonds. The zero-order chi connectivity index (χ0) is 28.3. The second-order valence-electron chi connectivity index (χ2n) is 8.00. The van der Waals surface area contributed by atoms with Gasteiger partial charge in [-0.05, 0) is 31.0 Å². The molecular formula is C24H21F5N2O6S. The molecule has 2 heterocycles. The summed E-state index contributed by atoms with van der Waals surface area (Å²) in [5, 5.41) is 2.50. The molecule has 3 rings (SSSR count). The van der Waals surface area contributed by atoms with Crippen LogP contribution in [0.2, 0.25) is 0 Å². The number of amides is 2. The lowest BCUT2D eigenvalue weighted by Gasteiger charge is -2.09. The highest BCUT2D eigenvalue weighted by Gasteiger charge is 2.29. The average Bonchev–Trinajstić information content (AvgIpc) is 3.48. The van der Waals surface area contributed by atoms with E-state index in [1.54, 1.807) is 6.92 Å². The van der Waals surface area contributed by atoms with E-state index in [1.807, 2.05) is 0 Å². The molecule has 8 nitrogen and oxygen atoms in total. The number of thiophene rings is 1. The van der Waals surface area contributed by atoms with Gasteiger partial charge in [-0.2, -0.15) is 8.78 Å². The number of furan rings is 1. The Kier molecular flexibility index (Phi) is 8.76. The summed E-state index contributed by atoms with van der Waals surface area (Å²) >= 11 is 0.853. The van der Waals surface area contributed by atoms with Crippen molar-refractivity contribution >= 4 is 34.1 Å². The van der Waals surface area contributed by atoms with Crippen LogP contribution < -0.4 is 10.1 Å². The number of benzene rings is 1. The van der Waals surface area contributed by atoms with Gasteiger partial charge in [0, 0.05) is 14.1 Å². The average molecular weight is 560 g/mol. The van der Waals surface area contributed by atoms with Crippen molar-refractivity contribution in [2.24, 2.45) is 0 Å². The standard InChI is InChI=1S/C24H21F5N2O6S/c1-5-8-35-24(34)13-10(2)20(23(33)31(3)4)38-22(13)30-21(32)12-7-6-11(37-12)9-36-19-17(28)15(26)14(25)16(27)18(19)29/h6-7H,5,8-9H2,1-4H3,(H,30,32). The van der Waals surface area contributed by atoms with Crippen LogP contribution in [-0.2, 0) is 11.3 Å². The Hall–Kier alpha value is -3.94. The minimum Gasteiger partial charge on any atom is -0.479 e. The number of hydrogen-bond donors (Lipinski definition) is 1. The van der Waals surface area contributed by atoms with Crippen molar-refractivity contribution in [3.63, 3.8) is 0 Å². The molecule has 0 fully saturated rings. The number of nitrogens with one attached hydrogen (secondary N) is 1. The summed E-state index contributed by atoms with van der Waals surface area (Å²) in [6.45, 7) is 2.66. The van der Waals surface area contributed by atoms with Crippen LogP contribution in [0.25, 0.3) is 0 Å². The van der Waals surface area contributed by atoms with Crippen LogP contribution in [0.1, 0.15) is 55.3 Å². The molecule has 14 heteroatoms. The summed E-state index contributed by atoms with van der Waals surface area (Å²) in [6, 6.07) is 2.34. The molecule has 0 spiro atoms. The first-order chi connectivity index (χ1) is 17.9. The smallest absolute Gasteiger partial charge is 0.341 e. The number of rotatable bonds is 9. The second kappa shape index (κ2) is 11.6. The summed E-state index contributed by atoms with van der Waals surface area (Å²) in [5.41, 5.74) is 0.296. The van der Waals surface area contributed by atoms with Gasteiger partial charge in [0.05, 0.1) is 17.0 Å². The molecule has 0 aliphatic rings. The normalized spacial score (nSPS) is 10.9. The number of halogens is 5. The maximum Gasteiger partial charge on any atom is 0.341 e. The Morgan fingerprint density at radius 1 is 1.00 bits per heavy atom. The number of hydrogen-bond acceptors (Lipinski definition) is 7. The highest BCUT2D eigenvalue weighted by atomic mass is 32.1. The molecule has 0 radical (unpaired) electrons. The highest BCUT2D eigenvalue weighted by Crippen LogP contribution is 2.35. The van der Waals surface area contributed by atoms with Gasteiger partial charge >= 0.3 is 5.97 Å². The van der Waals surface area contributed by atoms with E-state index in [9.17, 15) is 36.3 Å². The Balaban J connectivity index is 1.82. The van der Waals surface area contributed by atoms with E-state index in [-0.39, 0.29) is 33.6 Å². The molecule has 0 saturated heterocycles. The third-order valence-electron chi connectivity index (χ3n) is 5.03. The molecule has 0 atom stereocenters. The number of carbonyl (C=O) groups is 3. The lowest BCUT2D eigenvalue weighted by molar-refractivity contribution is 0.0506. The monoisotopic (exact) mass is 560 g/mol. The third-order valence-corrected chi connectivity index (χ3v) is 6.22. The predicted molar refractivity (Wildman–Crippen MR) is 125 cm³/mol. The maximum absolute atomic E-state index is 13.8. The fraction of sp³-hybridized carbons (Fsp3) is 0.292. The zero-order valence-electron chi connectivity index (χ0n) is 20.5. The van der Waals surface area contributed by atoms with Crippen molar-refractivity contribution in [2.45, 2.75) is 26.9 Å². The van der Waals surface area contributed by atoms with Crippen molar-refractivity contribution in [3.05, 3.63) is 68.7 Å². The van der Waals surface area contributed by atoms with E-state index in [0.29, 0.717) is 12.0 Å². The van der Waals surface area contributed by atoms with Crippen molar-refractivity contribution in [1.82, 2.24) is 4.90 Å². The Morgan fingerprint density at radius 2 is 1.61 bits per heavy atom. The van der Waals surface area contributed by atoms with Gasteiger partial charge in [0.1, 0.15) is 17.4 Å².